The highest BCUT2D eigenvalue weighted by molar-refractivity contribution is 5.85. The molecule has 0 bridgehead atoms. The Kier molecular flexibility index (Phi) is 6.57. The minimum Gasteiger partial charge on any atom is -0.324 e. The Morgan fingerprint density at radius 1 is 1.06 bits per heavy atom. The van der Waals surface area contributed by atoms with Crippen LogP contribution in [-0.4, -0.2) is 0 Å². The van der Waals surface area contributed by atoms with Crippen molar-refractivity contribution in [2.24, 2.45) is 11.7 Å². The van der Waals surface area contributed by atoms with Gasteiger partial charge in [0.2, 0.25) is 0 Å². The maximum atomic E-state index is 12.9. The Balaban J connectivity index is 0.00000256. The highest BCUT2D eigenvalue weighted by Gasteiger charge is 2.14. The van der Waals surface area contributed by atoms with Gasteiger partial charge in [-0.2, -0.15) is 0 Å². The number of hydrogen-bond donors (Lipinski definition) is 1. The van der Waals surface area contributed by atoms with Gasteiger partial charge >= 0.3 is 0 Å². The van der Waals surface area contributed by atoms with Crippen molar-refractivity contribution in [1.29, 1.82) is 0 Å². The molecular weight excluding hydrogens is 251 g/mol. The van der Waals surface area contributed by atoms with E-state index in [1.165, 1.54) is 0 Å². The summed E-state index contributed by atoms with van der Waals surface area (Å²) >= 11 is 0. The molecule has 0 unspecified atom stereocenters. The third-order valence-electron chi connectivity index (χ3n) is 2.49. The predicted octanol–water partition coefficient (Wildman–Crippen LogP) is 3.96. The molecular formula is C12H17ClF3N. The summed E-state index contributed by atoms with van der Waals surface area (Å²) in [6, 6.07) is 1.47. The molecule has 1 atom stereocenters. The lowest BCUT2D eigenvalue weighted by atomic mass is 9.98. The second-order valence-corrected chi connectivity index (χ2v) is 4.38. The average molecular weight is 268 g/mol. The van der Waals surface area contributed by atoms with Crippen molar-refractivity contribution in [1.82, 2.24) is 0 Å². The maximum Gasteiger partial charge on any atom is 0.194 e. The molecule has 5 heteroatoms. The fraction of sp³-hybridized carbons (Fsp3) is 0.500. The van der Waals surface area contributed by atoms with Crippen molar-refractivity contribution in [3.8, 4) is 0 Å². The van der Waals surface area contributed by atoms with Gasteiger partial charge in [0.15, 0.2) is 17.5 Å². The minimum absolute atomic E-state index is 0. The molecule has 0 aliphatic carbocycles. The van der Waals surface area contributed by atoms with Crippen LogP contribution in [0, 0.1) is 23.4 Å². The number of nitrogens with two attached hydrogens (primary N) is 1. The molecule has 1 aromatic carbocycles. The van der Waals surface area contributed by atoms with Crippen molar-refractivity contribution in [2.45, 2.75) is 32.7 Å². The lowest BCUT2D eigenvalue weighted by Gasteiger charge is -2.14. The summed E-state index contributed by atoms with van der Waals surface area (Å²) in [5.74, 6) is -3.34. The minimum atomic E-state index is -1.44. The monoisotopic (exact) mass is 267 g/mol. The van der Waals surface area contributed by atoms with E-state index in [1.807, 2.05) is 13.8 Å². The van der Waals surface area contributed by atoms with E-state index in [4.69, 9.17) is 5.73 Å². The van der Waals surface area contributed by atoms with Crippen LogP contribution in [0.2, 0.25) is 0 Å². The van der Waals surface area contributed by atoms with Crippen LogP contribution < -0.4 is 5.73 Å². The van der Waals surface area contributed by atoms with Crippen LogP contribution in [0.1, 0.15) is 38.3 Å². The lowest BCUT2D eigenvalue weighted by Crippen LogP contribution is -2.12. The molecule has 98 valence electrons. The van der Waals surface area contributed by atoms with Crippen LogP contribution in [0.25, 0.3) is 0 Å². The molecule has 1 rings (SSSR count). The molecule has 0 aliphatic heterocycles. The van der Waals surface area contributed by atoms with Gasteiger partial charge in [0, 0.05) is 6.04 Å². The van der Waals surface area contributed by atoms with Gasteiger partial charge in [-0.05, 0) is 36.5 Å². The van der Waals surface area contributed by atoms with E-state index in [0.29, 0.717) is 17.9 Å². The topological polar surface area (TPSA) is 26.0 Å². The van der Waals surface area contributed by atoms with Crippen molar-refractivity contribution in [3.05, 3.63) is 35.1 Å². The summed E-state index contributed by atoms with van der Waals surface area (Å²) in [6.07, 6.45) is 1.49. The molecule has 2 N–H and O–H groups in total. The summed E-state index contributed by atoms with van der Waals surface area (Å²) in [5, 5.41) is 0. The molecule has 0 saturated heterocycles. The molecule has 0 spiro atoms. The zero-order valence-corrected chi connectivity index (χ0v) is 10.7. The molecule has 0 amide bonds. The van der Waals surface area contributed by atoms with Crippen LogP contribution in [-0.2, 0) is 0 Å². The fourth-order valence-electron chi connectivity index (χ4n) is 1.47. The van der Waals surface area contributed by atoms with Crippen molar-refractivity contribution < 1.29 is 13.2 Å². The Hall–Kier alpha value is -0.740. The van der Waals surface area contributed by atoms with Crippen molar-refractivity contribution in [3.63, 3.8) is 0 Å². The zero-order valence-electron chi connectivity index (χ0n) is 9.84. The van der Waals surface area contributed by atoms with Gasteiger partial charge in [-0.25, -0.2) is 13.2 Å². The summed E-state index contributed by atoms with van der Waals surface area (Å²) < 4.78 is 38.6. The zero-order chi connectivity index (χ0) is 12.3. The summed E-state index contributed by atoms with van der Waals surface area (Å²) in [5.41, 5.74) is 6.08. The molecule has 17 heavy (non-hydrogen) atoms. The quantitative estimate of drug-likeness (QED) is 0.821. The molecule has 0 aliphatic rings. The summed E-state index contributed by atoms with van der Waals surface area (Å²) in [6.45, 7) is 4.08. The highest BCUT2D eigenvalue weighted by atomic mass is 35.5. The standard InChI is InChI=1S/C12H16F3N.ClH/c1-7(2)3-4-11(16)8-5-9(13)12(15)10(14)6-8;/h5-7,11H,3-4,16H2,1-2H3;1H/t11-;/m1./s1. The van der Waals surface area contributed by atoms with Crippen LogP contribution >= 0.6 is 12.4 Å². The normalized spacial score (nSPS) is 12.4. The first-order valence-electron chi connectivity index (χ1n) is 5.31. The Labute approximate surface area is 106 Å². The first-order chi connectivity index (χ1) is 7.41. The molecule has 0 aromatic heterocycles. The number of hydrogen-bond acceptors (Lipinski definition) is 1. The van der Waals surface area contributed by atoms with Crippen LogP contribution in [0.3, 0.4) is 0 Å². The predicted molar refractivity (Wildman–Crippen MR) is 64.6 cm³/mol. The van der Waals surface area contributed by atoms with E-state index < -0.39 is 23.5 Å². The smallest absolute Gasteiger partial charge is 0.194 e. The largest absolute Gasteiger partial charge is 0.324 e. The molecule has 0 heterocycles. The van der Waals surface area contributed by atoms with Crippen LogP contribution in [0.5, 0.6) is 0 Å². The molecule has 1 nitrogen and oxygen atoms in total. The van der Waals surface area contributed by atoms with Crippen molar-refractivity contribution in [2.75, 3.05) is 0 Å². The van der Waals surface area contributed by atoms with Crippen molar-refractivity contribution >= 4 is 12.4 Å². The lowest BCUT2D eigenvalue weighted by molar-refractivity contribution is 0.440. The summed E-state index contributed by atoms with van der Waals surface area (Å²) in [4.78, 5) is 0. The van der Waals surface area contributed by atoms with Gasteiger partial charge in [0.05, 0.1) is 0 Å². The Morgan fingerprint density at radius 3 is 1.94 bits per heavy atom. The third kappa shape index (κ3) is 4.56. The number of benzene rings is 1. The van der Waals surface area contributed by atoms with Gasteiger partial charge in [0.25, 0.3) is 0 Å². The van der Waals surface area contributed by atoms with E-state index in [-0.39, 0.29) is 12.4 Å². The second-order valence-electron chi connectivity index (χ2n) is 4.38. The first-order valence-corrected chi connectivity index (χ1v) is 5.31. The molecule has 1 aromatic rings. The van der Waals surface area contributed by atoms with E-state index in [2.05, 4.69) is 0 Å². The third-order valence-corrected chi connectivity index (χ3v) is 2.49. The molecule has 0 saturated carbocycles. The van der Waals surface area contributed by atoms with E-state index in [1.54, 1.807) is 0 Å². The van der Waals surface area contributed by atoms with Gasteiger partial charge < -0.3 is 5.73 Å². The maximum absolute atomic E-state index is 12.9. The summed E-state index contributed by atoms with van der Waals surface area (Å²) in [7, 11) is 0. The first kappa shape index (κ1) is 16.3. The average Bonchev–Trinajstić information content (AvgIpc) is 2.21. The van der Waals surface area contributed by atoms with Gasteiger partial charge in [0.1, 0.15) is 0 Å². The Morgan fingerprint density at radius 2 is 1.53 bits per heavy atom. The Bertz CT molecular complexity index is 346. The van der Waals surface area contributed by atoms with E-state index >= 15 is 0 Å². The van der Waals surface area contributed by atoms with E-state index in [0.717, 1.165) is 18.6 Å². The molecule has 0 fully saturated rings. The fourth-order valence-corrected chi connectivity index (χ4v) is 1.47. The highest BCUT2D eigenvalue weighted by Crippen LogP contribution is 2.22. The van der Waals surface area contributed by atoms with Gasteiger partial charge in [-0.15, -0.1) is 12.4 Å². The van der Waals surface area contributed by atoms with Gasteiger partial charge in [-0.3, -0.25) is 0 Å². The number of rotatable bonds is 4. The van der Waals surface area contributed by atoms with Crippen LogP contribution in [0.4, 0.5) is 13.2 Å². The number of halogens is 4. The van der Waals surface area contributed by atoms with Gasteiger partial charge in [-0.1, -0.05) is 13.8 Å². The second kappa shape index (κ2) is 6.87. The SMILES string of the molecule is CC(C)CC[C@@H](N)c1cc(F)c(F)c(F)c1.Cl. The van der Waals surface area contributed by atoms with E-state index in [9.17, 15) is 13.2 Å². The molecule has 0 radical (unpaired) electrons. The van der Waals surface area contributed by atoms with Crippen LogP contribution in [0.15, 0.2) is 12.1 Å².